The van der Waals surface area contributed by atoms with E-state index in [1.54, 1.807) is 30.3 Å². The molecule has 0 atom stereocenters. The van der Waals surface area contributed by atoms with Gasteiger partial charge in [0, 0.05) is 5.38 Å². The van der Waals surface area contributed by atoms with Crippen LogP contribution in [0.1, 0.15) is 5.56 Å². The van der Waals surface area contributed by atoms with Crippen molar-refractivity contribution in [1.29, 1.82) is 0 Å². The van der Waals surface area contributed by atoms with Crippen molar-refractivity contribution in [3.05, 3.63) is 99.4 Å². The molecule has 1 heterocycles. The van der Waals surface area contributed by atoms with E-state index in [1.165, 1.54) is 35.6 Å². The largest absolute Gasteiger partial charge is 0.435 e. The standard InChI is InChI=1S/C23H16ClF3N2OS/c24-19-3-1-2-4-20(19)28-23-29(13-15-5-9-17(25)10-6-15)21(14-31-23)16-7-11-18(12-8-16)30-22(26)27/h1-12,14,22H,13H2. The van der Waals surface area contributed by atoms with Crippen LogP contribution in [-0.4, -0.2) is 11.2 Å². The Balaban J connectivity index is 1.79. The van der Waals surface area contributed by atoms with Gasteiger partial charge in [-0.25, -0.2) is 9.38 Å². The first-order valence-electron chi connectivity index (χ1n) is 9.27. The number of para-hydroxylation sites is 1. The predicted molar refractivity (Wildman–Crippen MR) is 117 cm³/mol. The van der Waals surface area contributed by atoms with E-state index in [9.17, 15) is 13.2 Å². The average molecular weight is 461 g/mol. The molecule has 0 N–H and O–H groups in total. The third-order valence-electron chi connectivity index (χ3n) is 4.50. The van der Waals surface area contributed by atoms with Crippen molar-refractivity contribution in [3.8, 4) is 17.0 Å². The van der Waals surface area contributed by atoms with Gasteiger partial charge in [-0.15, -0.1) is 11.3 Å². The minimum absolute atomic E-state index is 0.0834. The first-order chi connectivity index (χ1) is 15.0. The highest BCUT2D eigenvalue weighted by atomic mass is 35.5. The summed E-state index contributed by atoms with van der Waals surface area (Å²) in [6.07, 6.45) is 0. The Kier molecular flexibility index (Phi) is 6.44. The topological polar surface area (TPSA) is 26.5 Å². The van der Waals surface area contributed by atoms with Gasteiger partial charge in [0.25, 0.3) is 0 Å². The van der Waals surface area contributed by atoms with E-state index in [0.29, 0.717) is 22.1 Å². The van der Waals surface area contributed by atoms with Gasteiger partial charge in [0.15, 0.2) is 4.80 Å². The highest BCUT2D eigenvalue weighted by Crippen LogP contribution is 2.27. The van der Waals surface area contributed by atoms with Crippen molar-refractivity contribution in [2.24, 2.45) is 4.99 Å². The summed E-state index contributed by atoms with van der Waals surface area (Å²) in [5.41, 5.74) is 3.16. The fraction of sp³-hybridized carbons (Fsp3) is 0.0870. The number of ether oxygens (including phenoxy) is 1. The minimum Gasteiger partial charge on any atom is -0.435 e. The van der Waals surface area contributed by atoms with Gasteiger partial charge in [-0.1, -0.05) is 35.9 Å². The normalized spacial score (nSPS) is 11.8. The Bertz CT molecular complexity index is 1230. The molecule has 3 aromatic carbocycles. The lowest BCUT2D eigenvalue weighted by Gasteiger charge is -2.11. The predicted octanol–water partition coefficient (Wildman–Crippen LogP) is 6.89. The molecule has 0 aliphatic carbocycles. The molecule has 0 amide bonds. The molecule has 0 aliphatic rings. The molecule has 0 bridgehead atoms. The summed E-state index contributed by atoms with van der Waals surface area (Å²) in [6, 6.07) is 19.9. The first kappa shape index (κ1) is 21.2. The number of hydrogen-bond donors (Lipinski definition) is 0. The second kappa shape index (κ2) is 9.41. The lowest BCUT2D eigenvalue weighted by molar-refractivity contribution is -0.0498. The van der Waals surface area contributed by atoms with Crippen LogP contribution < -0.4 is 9.54 Å². The van der Waals surface area contributed by atoms with Crippen molar-refractivity contribution < 1.29 is 17.9 Å². The van der Waals surface area contributed by atoms with Crippen molar-refractivity contribution in [2.75, 3.05) is 0 Å². The number of hydrogen-bond acceptors (Lipinski definition) is 3. The van der Waals surface area contributed by atoms with Gasteiger partial charge < -0.3 is 9.30 Å². The Hall–Kier alpha value is -3.03. The smallest absolute Gasteiger partial charge is 0.387 e. The maximum Gasteiger partial charge on any atom is 0.387 e. The first-order valence-corrected chi connectivity index (χ1v) is 10.5. The SMILES string of the molecule is Fc1ccc(Cn2c(-c3ccc(OC(F)F)cc3)csc2=Nc2ccccc2Cl)cc1. The molecule has 0 saturated heterocycles. The molecular weight excluding hydrogens is 445 g/mol. The molecule has 0 unspecified atom stereocenters. The summed E-state index contributed by atoms with van der Waals surface area (Å²) in [7, 11) is 0. The number of thiazole rings is 1. The zero-order valence-corrected chi connectivity index (χ0v) is 17.6. The lowest BCUT2D eigenvalue weighted by atomic mass is 10.1. The fourth-order valence-corrected chi connectivity index (χ4v) is 4.13. The number of aromatic nitrogens is 1. The maximum atomic E-state index is 13.3. The third kappa shape index (κ3) is 5.18. The minimum atomic E-state index is -2.88. The zero-order chi connectivity index (χ0) is 21.8. The fourth-order valence-electron chi connectivity index (χ4n) is 3.03. The van der Waals surface area contributed by atoms with E-state index in [1.807, 2.05) is 28.1 Å². The number of halogens is 4. The molecule has 0 radical (unpaired) electrons. The van der Waals surface area contributed by atoms with Crippen molar-refractivity contribution >= 4 is 28.6 Å². The zero-order valence-electron chi connectivity index (χ0n) is 16.0. The van der Waals surface area contributed by atoms with Crippen molar-refractivity contribution in [2.45, 2.75) is 13.2 Å². The number of rotatable bonds is 6. The van der Waals surface area contributed by atoms with Crippen LogP contribution in [0.5, 0.6) is 5.75 Å². The molecule has 0 aliphatic heterocycles. The molecule has 4 aromatic rings. The second-order valence-corrected chi connectivity index (χ2v) is 7.83. The van der Waals surface area contributed by atoms with Crippen LogP contribution in [0.2, 0.25) is 5.02 Å². The van der Waals surface area contributed by atoms with Crippen LogP contribution in [0.4, 0.5) is 18.9 Å². The molecular formula is C23H16ClF3N2OS. The highest BCUT2D eigenvalue weighted by Gasteiger charge is 2.11. The van der Waals surface area contributed by atoms with Gasteiger partial charge in [0.05, 0.1) is 22.9 Å². The van der Waals surface area contributed by atoms with E-state index in [-0.39, 0.29) is 11.6 Å². The molecule has 3 nitrogen and oxygen atoms in total. The van der Waals surface area contributed by atoms with Crippen LogP contribution in [-0.2, 0) is 6.54 Å². The number of alkyl halides is 2. The Morgan fingerprint density at radius 1 is 0.968 bits per heavy atom. The third-order valence-corrected chi connectivity index (χ3v) is 5.68. The number of nitrogens with zero attached hydrogens (tertiary/aromatic N) is 2. The molecule has 158 valence electrons. The molecule has 0 fully saturated rings. The van der Waals surface area contributed by atoms with Gasteiger partial charge >= 0.3 is 6.61 Å². The summed E-state index contributed by atoms with van der Waals surface area (Å²) in [5.74, 6) is -0.227. The van der Waals surface area contributed by atoms with E-state index in [0.717, 1.165) is 16.8 Å². The Morgan fingerprint density at radius 2 is 1.68 bits per heavy atom. The Labute approximate surface area is 185 Å². The maximum absolute atomic E-state index is 13.3. The summed E-state index contributed by atoms with van der Waals surface area (Å²) >= 11 is 7.70. The molecule has 0 spiro atoms. The quantitative estimate of drug-likeness (QED) is 0.307. The Morgan fingerprint density at radius 3 is 2.35 bits per heavy atom. The highest BCUT2D eigenvalue weighted by molar-refractivity contribution is 7.07. The lowest BCUT2D eigenvalue weighted by Crippen LogP contribution is -2.16. The van der Waals surface area contributed by atoms with Crippen LogP contribution in [0.3, 0.4) is 0 Å². The van der Waals surface area contributed by atoms with E-state index >= 15 is 0 Å². The van der Waals surface area contributed by atoms with E-state index in [4.69, 9.17) is 16.6 Å². The van der Waals surface area contributed by atoms with Crippen LogP contribution in [0.25, 0.3) is 11.3 Å². The number of benzene rings is 3. The molecule has 8 heteroatoms. The summed E-state index contributed by atoms with van der Waals surface area (Å²) in [6.45, 7) is -2.44. The van der Waals surface area contributed by atoms with E-state index in [2.05, 4.69) is 4.74 Å². The van der Waals surface area contributed by atoms with Crippen LogP contribution in [0, 0.1) is 5.82 Å². The monoisotopic (exact) mass is 460 g/mol. The van der Waals surface area contributed by atoms with Crippen LogP contribution >= 0.6 is 22.9 Å². The molecule has 0 saturated carbocycles. The van der Waals surface area contributed by atoms with Crippen molar-refractivity contribution in [1.82, 2.24) is 4.57 Å². The van der Waals surface area contributed by atoms with Gasteiger partial charge in [-0.3, -0.25) is 0 Å². The van der Waals surface area contributed by atoms with Gasteiger partial charge in [-0.05, 0) is 59.7 Å². The molecule has 31 heavy (non-hydrogen) atoms. The summed E-state index contributed by atoms with van der Waals surface area (Å²) in [4.78, 5) is 5.40. The van der Waals surface area contributed by atoms with Gasteiger partial charge in [-0.2, -0.15) is 8.78 Å². The average Bonchev–Trinajstić information content (AvgIpc) is 3.14. The van der Waals surface area contributed by atoms with Gasteiger partial charge in [0.1, 0.15) is 11.6 Å². The van der Waals surface area contributed by atoms with Crippen LogP contribution in [0.15, 0.2) is 83.2 Å². The van der Waals surface area contributed by atoms with E-state index < -0.39 is 6.61 Å². The molecule has 4 rings (SSSR count). The molecule has 1 aromatic heterocycles. The van der Waals surface area contributed by atoms with Crippen molar-refractivity contribution in [3.63, 3.8) is 0 Å². The second-order valence-electron chi connectivity index (χ2n) is 6.58. The summed E-state index contributed by atoms with van der Waals surface area (Å²) < 4.78 is 44.7. The van der Waals surface area contributed by atoms with Gasteiger partial charge in [0.2, 0.25) is 0 Å². The summed E-state index contributed by atoms with van der Waals surface area (Å²) in [5, 5.41) is 2.46.